The Hall–Kier alpha value is -2.86. The molecule has 3 N–H and O–H groups in total. The second kappa shape index (κ2) is 7.81. The third-order valence-corrected chi connectivity index (χ3v) is 4.18. The molecule has 130 valence electrons. The van der Waals surface area contributed by atoms with Crippen molar-refractivity contribution in [2.24, 2.45) is 0 Å². The third kappa shape index (κ3) is 4.16. The van der Waals surface area contributed by atoms with Crippen molar-refractivity contribution in [1.29, 1.82) is 0 Å². The van der Waals surface area contributed by atoms with Gasteiger partial charge in [0, 0.05) is 24.3 Å². The molecule has 25 heavy (non-hydrogen) atoms. The van der Waals surface area contributed by atoms with E-state index in [1.54, 1.807) is 23.1 Å². The molecule has 0 aromatic heterocycles. The van der Waals surface area contributed by atoms with E-state index in [9.17, 15) is 14.7 Å². The second-order valence-corrected chi connectivity index (χ2v) is 5.94. The number of carbonyl (C=O) groups is 2. The summed E-state index contributed by atoms with van der Waals surface area (Å²) in [4.78, 5) is 25.8. The Bertz CT molecular complexity index is 749. The quantitative estimate of drug-likeness (QED) is 0.783. The lowest BCUT2D eigenvalue weighted by Crippen LogP contribution is -2.34. The molecule has 6 nitrogen and oxygen atoms in total. The minimum absolute atomic E-state index is 0.103. The summed E-state index contributed by atoms with van der Waals surface area (Å²) in [5.41, 5.74) is 2.21. The average Bonchev–Trinajstić information content (AvgIpc) is 3.06. The molecule has 2 aromatic rings. The Labute approximate surface area is 146 Å². The highest BCUT2D eigenvalue weighted by atomic mass is 16.3. The largest absolute Gasteiger partial charge is 0.394 e. The fraction of sp³-hybridized carbons (Fsp3) is 0.263. The first-order valence-electron chi connectivity index (χ1n) is 8.31. The number of rotatable bonds is 5. The molecular formula is C19H21N3O3. The Morgan fingerprint density at radius 1 is 1.16 bits per heavy atom. The van der Waals surface area contributed by atoms with E-state index in [1.165, 1.54) is 0 Å². The zero-order valence-electron chi connectivity index (χ0n) is 13.8. The van der Waals surface area contributed by atoms with E-state index in [0.29, 0.717) is 18.7 Å². The van der Waals surface area contributed by atoms with Gasteiger partial charge in [0.15, 0.2) is 0 Å². The van der Waals surface area contributed by atoms with Crippen LogP contribution >= 0.6 is 0 Å². The first-order valence-corrected chi connectivity index (χ1v) is 8.31. The normalized spacial score (nSPS) is 15.1. The smallest absolute Gasteiger partial charge is 0.319 e. The summed E-state index contributed by atoms with van der Waals surface area (Å²) in [6.07, 6.45) is 1.42. The maximum atomic E-state index is 12.2. The van der Waals surface area contributed by atoms with Crippen molar-refractivity contribution >= 4 is 23.3 Å². The van der Waals surface area contributed by atoms with Gasteiger partial charge < -0.3 is 20.6 Å². The van der Waals surface area contributed by atoms with Crippen LogP contribution in [0, 0.1) is 0 Å². The molecule has 0 unspecified atom stereocenters. The van der Waals surface area contributed by atoms with Gasteiger partial charge in [-0.15, -0.1) is 0 Å². The highest BCUT2D eigenvalue weighted by Gasteiger charge is 2.22. The lowest BCUT2D eigenvalue weighted by molar-refractivity contribution is -0.117. The monoisotopic (exact) mass is 339 g/mol. The molecule has 3 rings (SSSR count). The molecule has 0 spiro atoms. The van der Waals surface area contributed by atoms with Gasteiger partial charge in [-0.1, -0.05) is 36.4 Å². The second-order valence-electron chi connectivity index (χ2n) is 5.94. The zero-order chi connectivity index (χ0) is 17.6. The first kappa shape index (κ1) is 17.0. The van der Waals surface area contributed by atoms with Crippen molar-refractivity contribution in [3.63, 3.8) is 0 Å². The maximum Gasteiger partial charge on any atom is 0.319 e. The van der Waals surface area contributed by atoms with E-state index in [0.717, 1.165) is 17.7 Å². The molecule has 0 saturated carbocycles. The number of anilines is 2. The molecule has 1 aliphatic heterocycles. The van der Waals surface area contributed by atoms with Crippen LogP contribution in [-0.4, -0.2) is 30.2 Å². The predicted molar refractivity (Wildman–Crippen MR) is 96.5 cm³/mol. The number of aliphatic hydroxyl groups is 1. The molecule has 1 aliphatic rings. The maximum absolute atomic E-state index is 12.2. The van der Waals surface area contributed by atoms with Crippen LogP contribution in [0.15, 0.2) is 54.6 Å². The summed E-state index contributed by atoms with van der Waals surface area (Å²) in [6, 6.07) is 15.6. The lowest BCUT2D eigenvalue weighted by atomic mass is 10.1. The van der Waals surface area contributed by atoms with Gasteiger partial charge in [0.1, 0.15) is 0 Å². The van der Waals surface area contributed by atoms with Crippen LogP contribution in [0.25, 0.3) is 0 Å². The van der Waals surface area contributed by atoms with E-state index >= 15 is 0 Å². The topological polar surface area (TPSA) is 81.7 Å². The third-order valence-electron chi connectivity index (χ3n) is 4.18. The molecule has 0 radical (unpaired) electrons. The van der Waals surface area contributed by atoms with E-state index < -0.39 is 12.1 Å². The summed E-state index contributed by atoms with van der Waals surface area (Å²) < 4.78 is 0. The lowest BCUT2D eigenvalue weighted by Gasteiger charge is -2.19. The van der Waals surface area contributed by atoms with Crippen LogP contribution in [0.4, 0.5) is 16.2 Å². The van der Waals surface area contributed by atoms with Crippen LogP contribution in [-0.2, 0) is 4.79 Å². The van der Waals surface area contributed by atoms with Gasteiger partial charge in [0.05, 0.1) is 12.6 Å². The van der Waals surface area contributed by atoms with E-state index in [1.807, 2.05) is 36.4 Å². The van der Waals surface area contributed by atoms with Crippen LogP contribution in [0.3, 0.4) is 0 Å². The zero-order valence-corrected chi connectivity index (χ0v) is 13.8. The highest BCUT2D eigenvalue weighted by Crippen LogP contribution is 2.24. The molecule has 3 amide bonds. The number of carbonyl (C=O) groups excluding carboxylic acids is 2. The predicted octanol–water partition coefficient (Wildman–Crippen LogP) is 2.67. The van der Waals surface area contributed by atoms with Crippen LogP contribution < -0.4 is 15.5 Å². The number of aliphatic hydroxyl groups excluding tert-OH is 1. The van der Waals surface area contributed by atoms with E-state index in [-0.39, 0.29) is 12.5 Å². The molecule has 6 heteroatoms. The number of hydrogen-bond acceptors (Lipinski definition) is 3. The Kier molecular flexibility index (Phi) is 5.30. The minimum Gasteiger partial charge on any atom is -0.394 e. The number of amides is 3. The van der Waals surface area contributed by atoms with Gasteiger partial charge in [0.25, 0.3) is 0 Å². The molecule has 1 fully saturated rings. The summed E-state index contributed by atoms with van der Waals surface area (Å²) in [5, 5.41) is 15.0. The SMILES string of the molecule is O=C(Nc1cccc(N2CCCC2=O)c1)N[C@H](CO)c1ccccc1. The highest BCUT2D eigenvalue weighted by molar-refractivity contribution is 5.96. The van der Waals surface area contributed by atoms with Gasteiger partial charge in [-0.3, -0.25) is 4.79 Å². The van der Waals surface area contributed by atoms with Crippen molar-refractivity contribution in [2.45, 2.75) is 18.9 Å². The van der Waals surface area contributed by atoms with Crippen LogP contribution in [0.5, 0.6) is 0 Å². The van der Waals surface area contributed by atoms with Crippen LogP contribution in [0.2, 0.25) is 0 Å². The number of nitrogens with one attached hydrogen (secondary N) is 2. The van der Waals surface area contributed by atoms with Crippen LogP contribution in [0.1, 0.15) is 24.4 Å². The average molecular weight is 339 g/mol. The van der Waals surface area contributed by atoms with E-state index in [2.05, 4.69) is 10.6 Å². The minimum atomic E-state index is -0.482. The summed E-state index contributed by atoms with van der Waals surface area (Å²) in [5.74, 6) is 0.103. The summed E-state index contributed by atoms with van der Waals surface area (Å²) in [6.45, 7) is 0.509. The first-order chi connectivity index (χ1) is 12.2. The fourth-order valence-electron chi connectivity index (χ4n) is 2.92. The van der Waals surface area contributed by atoms with Crippen molar-refractivity contribution < 1.29 is 14.7 Å². The fourth-order valence-corrected chi connectivity index (χ4v) is 2.92. The number of hydrogen-bond donors (Lipinski definition) is 3. The molecule has 0 aliphatic carbocycles. The Balaban J connectivity index is 1.65. The molecule has 2 aromatic carbocycles. The number of urea groups is 1. The number of nitrogens with zero attached hydrogens (tertiary/aromatic N) is 1. The molecule has 1 heterocycles. The molecule has 0 bridgehead atoms. The van der Waals surface area contributed by atoms with Crippen molar-refractivity contribution in [3.8, 4) is 0 Å². The van der Waals surface area contributed by atoms with Gasteiger partial charge in [0.2, 0.25) is 5.91 Å². The van der Waals surface area contributed by atoms with Gasteiger partial charge in [-0.2, -0.15) is 0 Å². The van der Waals surface area contributed by atoms with Crippen molar-refractivity contribution in [3.05, 3.63) is 60.2 Å². The van der Waals surface area contributed by atoms with Crippen molar-refractivity contribution in [1.82, 2.24) is 5.32 Å². The van der Waals surface area contributed by atoms with Gasteiger partial charge in [-0.25, -0.2) is 4.79 Å². The van der Waals surface area contributed by atoms with Gasteiger partial charge in [-0.05, 0) is 30.2 Å². The standard InChI is InChI=1S/C19H21N3O3/c23-13-17(14-6-2-1-3-7-14)21-19(25)20-15-8-4-9-16(12-15)22-11-5-10-18(22)24/h1-4,6-9,12,17,23H,5,10-11,13H2,(H2,20,21,25)/t17-/m1/s1. The molecule has 1 saturated heterocycles. The van der Waals surface area contributed by atoms with Gasteiger partial charge >= 0.3 is 6.03 Å². The Morgan fingerprint density at radius 3 is 2.64 bits per heavy atom. The molecule has 1 atom stereocenters. The molecular weight excluding hydrogens is 318 g/mol. The Morgan fingerprint density at radius 2 is 1.96 bits per heavy atom. The van der Waals surface area contributed by atoms with Crippen molar-refractivity contribution in [2.75, 3.05) is 23.4 Å². The van der Waals surface area contributed by atoms with E-state index in [4.69, 9.17) is 0 Å². The summed E-state index contributed by atoms with van der Waals surface area (Å²) >= 11 is 0. The number of benzene rings is 2. The summed E-state index contributed by atoms with van der Waals surface area (Å²) in [7, 11) is 0.